The summed E-state index contributed by atoms with van der Waals surface area (Å²) in [5.74, 6) is 3.68. The molecule has 0 unspecified atom stereocenters. The minimum Gasteiger partial charge on any atom is -0.495 e. The van der Waals surface area contributed by atoms with Crippen molar-refractivity contribution in [3.05, 3.63) is 71.3 Å². The Morgan fingerprint density at radius 2 is 1.10 bits per heavy atom. The van der Waals surface area contributed by atoms with Gasteiger partial charge in [-0.2, -0.15) is 20.2 Å². The van der Waals surface area contributed by atoms with E-state index in [0.717, 1.165) is 149 Å². The number of fused-ring (bicyclic) bond motifs is 4. The van der Waals surface area contributed by atoms with Gasteiger partial charge in [-0.1, -0.05) is 0 Å². The van der Waals surface area contributed by atoms with Crippen molar-refractivity contribution in [2.75, 3.05) is 78.5 Å². The zero-order chi connectivity index (χ0) is 41.0. The Balaban J connectivity index is 0.000000154. The summed E-state index contributed by atoms with van der Waals surface area (Å²) in [6.45, 7) is 8.95. The van der Waals surface area contributed by atoms with E-state index in [1.54, 1.807) is 14.2 Å². The molecule has 8 heterocycles. The molecule has 2 atom stereocenters. The molecule has 60 heavy (non-hydrogen) atoms. The number of hydrogen-bond acceptors (Lipinski definition) is 14. The molecule has 16 heteroatoms. The molecule has 2 aromatic carbocycles. The minimum atomic E-state index is 0.478. The molecule has 16 nitrogen and oxygen atoms in total. The number of ether oxygens (including phenoxy) is 4. The van der Waals surface area contributed by atoms with Gasteiger partial charge in [0, 0.05) is 76.7 Å². The molecule has 2 N–H and O–H groups in total. The molecule has 4 aliphatic heterocycles. The largest absolute Gasteiger partial charge is 0.495 e. The van der Waals surface area contributed by atoms with Crippen molar-refractivity contribution in [1.82, 2.24) is 49.3 Å². The number of methoxy groups -OCH3 is 2. The van der Waals surface area contributed by atoms with E-state index in [1.165, 1.54) is 22.3 Å². The summed E-state index contributed by atoms with van der Waals surface area (Å²) in [5.41, 5.74) is 8.78. The van der Waals surface area contributed by atoms with Crippen LogP contribution in [0.3, 0.4) is 0 Å². The molecule has 4 aromatic heterocycles. The van der Waals surface area contributed by atoms with Crippen LogP contribution in [0.2, 0.25) is 0 Å². The SMILES string of the molecule is COc1cc2c(cc1Nc1ncc3cnn(C[C@@H]4CCCOC4)c3n1)CN(C)CC2.COc1cc2c(cc1Nc1ncc3cnn(C[C@H]4CCCOC4)c3n1)CN(C)CC2. The van der Waals surface area contributed by atoms with E-state index >= 15 is 0 Å². The summed E-state index contributed by atoms with van der Waals surface area (Å²) in [7, 11) is 7.70. The Hall–Kier alpha value is -5.42. The van der Waals surface area contributed by atoms with Crippen molar-refractivity contribution in [2.45, 2.75) is 64.7 Å². The standard InChI is InChI=1S/2C22H28N6O2/c2*1-27-6-5-16-9-20(29-2)19(8-17(16)13-27)25-22-23-10-18-11-24-28(21(18)26-22)12-15-4-3-7-30-14-15/h2*8-11,15H,3-7,12-14H2,1-2H3,(H,23,25,26)/t2*15-/m10/s1. The molecule has 2 fully saturated rings. The van der Waals surface area contributed by atoms with E-state index in [9.17, 15) is 0 Å². The van der Waals surface area contributed by atoms with Gasteiger partial charge in [0.1, 0.15) is 11.5 Å². The van der Waals surface area contributed by atoms with Crippen LogP contribution in [0.5, 0.6) is 11.5 Å². The van der Waals surface area contributed by atoms with Crippen LogP contribution < -0.4 is 20.1 Å². The summed E-state index contributed by atoms with van der Waals surface area (Å²) in [5, 5.41) is 17.7. The van der Waals surface area contributed by atoms with E-state index in [1.807, 2.05) is 34.2 Å². The number of anilines is 4. The van der Waals surface area contributed by atoms with Crippen molar-refractivity contribution < 1.29 is 18.9 Å². The Labute approximate surface area is 350 Å². The second-order valence-electron chi connectivity index (χ2n) is 16.6. The summed E-state index contributed by atoms with van der Waals surface area (Å²) < 4.78 is 26.5. The van der Waals surface area contributed by atoms with Gasteiger partial charge in [-0.25, -0.2) is 19.3 Å². The van der Waals surface area contributed by atoms with Crippen LogP contribution in [0.25, 0.3) is 22.1 Å². The zero-order valence-electron chi connectivity index (χ0n) is 35.2. The fourth-order valence-corrected chi connectivity index (χ4v) is 8.74. The molecule has 0 radical (unpaired) electrons. The van der Waals surface area contributed by atoms with Gasteiger partial charge in [0.05, 0.1) is 62.0 Å². The van der Waals surface area contributed by atoms with Crippen molar-refractivity contribution in [1.29, 1.82) is 0 Å². The van der Waals surface area contributed by atoms with E-state index < -0.39 is 0 Å². The van der Waals surface area contributed by atoms with E-state index in [4.69, 9.17) is 28.9 Å². The molecular weight excluding hydrogens is 761 g/mol. The second-order valence-corrected chi connectivity index (χ2v) is 16.6. The lowest BCUT2D eigenvalue weighted by Gasteiger charge is -2.26. The summed E-state index contributed by atoms with van der Waals surface area (Å²) >= 11 is 0. The maximum atomic E-state index is 5.64. The Kier molecular flexibility index (Phi) is 12.0. The van der Waals surface area contributed by atoms with Gasteiger partial charge in [-0.05, 0) is 99.1 Å². The molecule has 0 amide bonds. The molecular formula is C44H56N12O4. The minimum absolute atomic E-state index is 0.478. The lowest BCUT2D eigenvalue weighted by atomic mass is 9.99. The molecule has 0 bridgehead atoms. The van der Waals surface area contributed by atoms with Gasteiger partial charge in [0.25, 0.3) is 0 Å². The smallest absolute Gasteiger partial charge is 0.229 e. The van der Waals surface area contributed by atoms with Crippen molar-refractivity contribution in [2.24, 2.45) is 11.8 Å². The summed E-state index contributed by atoms with van der Waals surface area (Å²) in [6.07, 6.45) is 13.9. The fourth-order valence-electron chi connectivity index (χ4n) is 8.74. The second kappa shape index (κ2) is 18.1. The van der Waals surface area contributed by atoms with Crippen LogP contribution in [0.1, 0.15) is 47.9 Å². The fraction of sp³-hybridized carbons (Fsp3) is 0.500. The van der Waals surface area contributed by atoms with Crippen LogP contribution in [-0.4, -0.2) is 117 Å². The van der Waals surface area contributed by atoms with Gasteiger partial charge in [-0.15, -0.1) is 0 Å². The van der Waals surface area contributed by atoms with Crippen LogP contribution in [0, 0.1) is 11.8 Å². The first-order valence-corrected chi connectivity index (χ1v) is 21.2. The Morgan fingerprint density at radius 3 is 1.52 bits per heavy atom. The number of nitrogens with one attached hydrogen (secondary N) is 2. The third kappa shape index (κ3) is 9.01. The summed E-state index contributed by atoms with van der Waals surface area (Å²) in [4.78, 5) is 23.2. The van der Waals surface area contributed by atoms with E-state index in [2.05, 4.69) is 79.0 Å². The highest BCUT2D eigenvalue weighted by Crippen LogP contribution is 2.35. The average Bonchev–Trinajstić information content (AvgIpc) is 3.86. The molecule has 2 saturated heterocycles. The van der Waals surface area contributed by atoms with Crippen molar-refractivity contribution >= 4 is 45.3 Å². The lowest BCUT2D eigenvalue weighted by molar-refractivity contribution is 0.0474. The predicted molar refractivity (Wildman–Crippen MR) is 230 cm³/mol. The number of hydrogen-bond donors (Lipinski definition) is 2. The maximum absolute atomic E-state index is 5.64. The van der Waals surface area contributed by atoms with Gasteiger partial charge in [0.15, 0.2) is 11.3 Å². The summed E-state index contributed by atoms with van der Waals surface area (Å²) in [6, 6.07) is 8.59. The highest BCUT2D eigenvalue weighted by molar-refractivity contribution is 5.77. The number of aromatic nitrogens is 8. The third-order valence-corrected chi connectivity index (χ3v) is 12.1. The van der Waals surface area contributed by atoms with Crippen LogP contribution in [0.4, 0.5) is 23.3 Å². The Bertz CT molecular complexity index is 2250. The third-order valence-electron chi connectivity index (χ3n) is 12.1. The molecule has 0 aliphatic carbocycles. The van der Waals surface area contributed by atoms with Gasteiger partial charge < -0.3 is 39.4 Å². The predicted octanol–water partition coefficient (Wildman–Crippen LogP) is 5.99. The highest BCUT2D eigenvalue weighted by Gasteiger charge is 2.22. The number of benzene rings is 2. The van der Waals surface area contributed by atoms with Crippen LogP contribution in [-0.2, 0) is 48.5 Å². The molecule has 0 saturated carbocycles. The van der Waals surface area contributed by atoms with Gasteiger partial charge >= 0.3 is 0 Å². The quantitative estimate of drug-likeness (QED) is 0.167. The Morgan fingerprint density at radius 1 is 0.633 bits per heavy atom. The molecule has 4 aliphatic rings. The maximum Gasteiger partial charge on any atom is 0.229 e. The van der Waals surface area contributed by atoms with E-state index in [0.29, 0.717) is 23.7 Å². The first-order chi connectivity index (χ1) is 29.4. The topological polar surface area (TPSA) is 155 Å². The average molecular weight is 817 g/mol. The van der Waals surface area contributed by atoms with Crippen molar-refractivity contribution in [3.8, 4) is 11.5 Å². The molecule has 0 spiro atoms. The van der Waals surface area contributed by atoms with Crippen LogP contribution in [0.15, 0.2) is 49.1 Å². The van der Waals surface area contributed by atoms with Crippen molar-refractivity contribution in [3.63, 3.8) is 0 Å². The normalized spacial score (nSPS) is 19.6. The highest BCUT2D eigenvalue weighted by atomic mass is 16.5. The monoisotopic (exact) mass is 816 g/mol. The van der Waals surface area contributed by atoms with Gasteiger partial charge in [0.2, 0.25) is 11.9 Å². The van der Waals surface area contributed by atoms with Crippen LogP contribution >= 0.6 is 0 Å². The number of likely N-dealkylation sites (N-methyl/N-ethyl adjacent to an activating group) is 2. The zero-order valence-corrected chi connectivity index (χ0v) is 35.2. The van der Waals surface area contributed by atoms with E-state index in [-0.39, 0.29) is 0 Å². The number of rotatable bonds is 10. The first-order valence-electron chi connectivity index (χ1n) is 21.2. The first kappa shape index (κ1) is 40.0. The molecule has 6 aromatic rings. The van der Waals surface area contributed by atoms with Gasteiger partial charge in [-0.3, -0.25) is 0 Å². The lowest BCUT2D eigenvalue weighted by Crippen LogP contribution is -2.26. The molecule has 10 rings (SSSR count). The number of nitrogens with zero attached hydrogens (tertiary/aromatic N) is 10. The molecule has 316 valence electrons.